The highest BCUT2D eigenvalue weighted by atomic mass is 19.1. The lowest BCUT2D eigenvalue weighted by Gasteiger charge is -2.27. The molecule has 1 N–H and O–H groups in total. The van der Waals surface area contributed by atoms with Crippen LogP contribution in [0.4, 0.5) is 8.78 Å². The van der Waals surface area contributed by atoms with E-state index in [1.807, 2.05) is 12.3 Å². The molecule has 2 aliphatic heterocycles. The summed E-state index contributed by atoms with van der Waals surface area (Å²) < 4.78 is 27.9. The van der Waals surface area contributed by atoms with Crippen molar-refractivity contribution in [3.8, 4) is 11.1 Å². The summed E-state index contributed by atoms with van der Waals surface area (Å²) >= 11 is 0. The molecule has 2 aromatic carbocycles. The van der Waals surface area contributed by atoms with E-state index in [0.29, 0.717) is 5.56 Å². The minimum absolute atomic E-state index is 0.0358. The zero-order valence-electron chi connectivity index (χ0n) is 18.1. The number of rotatable bonds is 5. The van der Waals surface area contributed by atoms with Gasteiger partial charge in [0.15, 0.2) is 0 Å². The number of halogens is 2. The first-order valence-corrected chi connectivity index (χ1v) is 11.2. The highest BCUT2D eigenvalue weighted by Crippen LogP contribution is 2.29. The summed E-state index contributed by atoms with van der Waals surface area (Å²) in [5, 5.41) is 15.9. The third kappa shape index (κ3) is 4.81. The van der Waals surface area contributed by atoms with Crippen LogP contribution in [0.3, 0.4) is 0 Å². The van der Waals surface area contributed by atoms with Crippen LogP contribution in [0.5, 0.6) is 0 Å². The second kappa shape index (κ2) is 9.16. The van der Waals surface area contributed by atoms with E-state index < -0.39 is 11.7 Å². The van der Waals surface area contributed by atoms with Gasteiger partial charge < -0.3 is 10.4 Å². The Bertz CT molecular complexity index is 1180. The molecular weight excluding hydrogens is 420 g/mol. The largest absolute Gasteiger partial charge is 0.858 e. The molecule has 1 saturated heterocycles. The molecule has 1 atom stereocenters. The first-order chi connectivity index (χ1) is 16.0. The van der Waals surface area contributed by atoms with Gasteiger partial charge >= 0.3 is 0 Å². The van der Waals surface area contributed by atoms with Crippen LogP contribution in [0.25, 0.3) is 11.1 Å². The van der Waals surface area contributed by atoms with Gasteiger partial charge in [-0.3, -0.25) is 9.89 Å². The van der Waals surface area contributed by atoms with E-state index in [1.165, 1.54) is 31.1 Å². The van der Waals surface area contributed by atoms with Crippen molar-refractivity contribution in [1.82, 2.24) is 10.2 Å². The molecule has 0 saturated carbocycles. The van der Waals surface area contributed by atoms with E-state index in [1.54, 1.807) is 42.5 Å². The first-order valence-electron chi connectivity index (χ1n) is 11.2. The number of allylic oxidation sites excluding steroid dienone is 1. The molecule has 3 aliphatic rings. The number of hydrogen-bond donors (Lipinski definition) is 1. The molecular formula is C27H24F2N3O-. The standard InChI is InChI=1S/C27H25F2N3O/c28-23-9-7-20(8-10-23)19-3-5-21(6-4-19)27(33)31-26-15-25-22(14-24(26)29)13-18(16-30-25)17-32-11-1-2-12-32/h3-10,13-16,25,30H,1-2,11-12,17H2,(H,31,33)/p-1. The SMILES string of the molecule is [O-]C(=NC1=CC2NC=C(CN3CCCC3)C=C2C=C1F)c1ccc(-c2ccc(F)cc2)cc1. The number of likely N-dealkylation sites (tertiary alicyclic amines) is 1. The smallest absolute Gasteiger partial charge is 0.148 e. The lowest BCUT2D eigenvalue weighted by molar-refractivity contribution is -0.212. The monoisotopic (exact) mass is 444 g/mol. The summed E-state index contributed by atoms with van der Waals surface area (Å²) in [6.07, 6.45) is 9.54. The van der Waals surface area contributed by atoms with E-state index in [2.05, 4.69) is 15.2 Å². The van der Waals surface area contributed by atoms with Gasteiger partial charge in [0.1, 0.15) is 11.6 Å². The number of nitrogens with zero attached hydrogens (tertiary/aromatic N) is 2. The molecule has 168 valence electrons. The Hall–Kier alpha value is -3.51. The zero-order chi connectivity index (χ0) is 22.8. The fraction of sp³-hybridized carbons (Fsp3) is 0.222. The van der Waals surface area contributed by atoms with Gasteiger partial charge in [-0.25, -0.2) is 8.78 Å². The van der Waals surface area contributed by atoms with Crippen LogP contribution in [0.2, 0.25) is 0 Å². The van der Waals surface area contributed by atoms with Crippen LogP contribution in [-0.2, 0) is 0 Å². The summed E-state index contributed by atoms with van der Waals surface area (Å²) in [4.78, 5) is 6.42. The summed E-state index contributed by atoms with van der Waals surface area (Å²) in [6.45, 7) is 3.06. The number of dihydropyridines is 1. The van der Waals surface area contributed by atoms with Gasteiger partial charge in [-0.1, -0.05) is 42.5 Å². The van der Waals surface area contributed by atoms with Crippen molar-refractivity contribution in [2.24, 2.45) is 4.99 Å². The lowest BCUT2D eigenvalue weighted by Crippen LogP contribution is -2.32. The molecule has 0 amide bonds. The van der Waals surface area contributed by atoms with E-state index in [9.17, 15) is 13.9 Å². The van der Waals surface area contributed by atoms with Crippen molar-refractivity contribution in [3.63, 3.8) is 0 Å². The van der Waals surface area contributed by atoms with Crippen LogP contribution in [0, 0.1) is 5.82 Å². The number of hydrogen-bond acceptors (Lipinski definition) is 4. The molecule has 2 aromatic rings. The summed E-state index contributed by atoms with van der Waals surface area (Å²) in [6, 6.07) is 12.8. The van der Waals surface area contributed by atoms with Crippen LogP contribution in [0.1, 0.15) is 18.4 Å². The number of nitrogens with one attached hydrogen (secondary N) is 1. The number of benzene rings is 2. The molecule has 4 nitrogen and oxygen atoms in total. The molecule has 0 spiro atoms. The maximum atomic E-state index is 14.8. The molecule has 0 radical (unpaired) electrons. The molecule has 2 heterocycles. The Morgan fingerprint density at radius 2 is 1.64 bits per heavy atom. The van der Waals surface area contributed by atoms with Crippen molar-refractivity contribution in [2.75, 3.05) is 19.6 Å². The number of fused-ring (bicyclic) bond motifs is 1. The van der Waals surface area contributed by atoms with Crippen molar-refractivity contribution in [3.05, 3.63) is 107 Å². The van der Waals surface area contributed by atoms with E-state index in [4.69, 9.17) is 0 Å². The Morgan fingerprint density at radius 1 is 0.970 bits per heavy atom. The highest BCUT2D eigenvalue weighted by molar-refractivity contribution is 5.92. The second-order valence-electron chi connectivity index (χ2n) is 8.54. The predicted octanol–water partition coefficient (Wildman–Crippen LogP) is 4.23. The van der Waals surface area contributed by atoms with E-state index >= 15 is 0 Å². The maximum Gasteiger partial charge on any atom is 0.148 e. The Labute approximate surface area is 192 Å². The van der Waals surface area contributed by atoms with Crippen LogP contribution in [0.15, 0.2) is 101 Å². The van der Waals surface area contributed by atoms with Crippen LogP contribution >= 0.6 is 0 Å². The van der Waals surface area contributed by atoms with Crippen molar-refractivity contribution in [1.29, 1.82) is 0 Å². The highest BCUT2D eigenvalue weighted by Gasteiger charge is 2.23. The predicted molar refractivity (Wildman–Crippen MR) is 124 cm³/mol. The maximum absolute atomic E-state index is 14.8. The van der Waals surface area contributed by atoms with Crippen molar-refractivity contribution in [2.45, 2.75) is 18.9 Å². The van der Waals surface area contributed by atoms with E-state index in [-0.39, 0.29) is 17.6 Å². The number of aliphatic imine (C=N–C) groups is 1. The average Bonchev–Trinajstić information content (AvgIpc) is 3.33. The molecule has 1 aliphatic carbocycles. The van der Waals surface area contributed by atoms with E-state index in [0.717, 1.165) is 41.9 Å². The molecule has 1 unspecified atom stereocenters. The third-order valence-electron chi connectivity index (χ3n) is 6.16. The van der Waals surface area contributed by atoms with Gasteiger partial charge in [0.25, 0.3) is 0 Å². The molecule has 1 fully saturated rings. The lowest BCUT2D eigenvalue weighted by atomic mass is 9.95. The third-order valence-corrected chi connectivity index (χ3v) is 6.16. The van der Waals surface area contributed by atoms with Gasteiger partial charge in [-0.2, -0.15) is 0 Å². The van der Waals surface area contributed by atoms with Crippen LogP contribution in [-0.4, -0.2) is 36.5 Å². The molecule has 5 rings (SSSR count). The molecule has 0 bridgehead atoms. The Kier molecular flexibility index (Phi) is 5.92. The quantitative estimate of drug-likeness (QED) is 0.555. The first kappa shape index (κ1) is 21.3. The van der Waals surface area contributed by atoms with Gasteiger partial charge in [0, 0.05) is 12.7 Å². The van der Waals surface area contributed by atoms with Gasteiger partial charge in [0.05, 0.1) is 11.7 Å². The fourth-order valence-corrected chi connectivity index (χ4v) is 4.37. The minimum Gasteiger partial charge on any atom is -0.858 e. The minimum atomic E-state index is -0.516. The summed E-state index contributed by atoms with van der Waals surface area (Å²) in [5.41, 5.74) is 4.05. The van der Waals surface area contributed by atoms with Crippen molar-refractivity contribution >= 4 is 5.90 Å². The zero-order valence-corrected chi connectivity index (χ0v) is 18.1. The molecule has 0 aromatic heterocycles. The normalized spacial score (nSPS) is 20.9. The average molecular weight is 445 g/mol. The topological polar surface area (TPSA) is 50.7 Å². The second-order valence-corrected chi connectivity index (χ2v) is 8.54. The fourth-order valence-electron chi connectivity index (χ4n) is 4.37. The van der Waals surface area contributed by atoms with Gasteiger partial charge in [0.2, 0.25) is 0 Å². The molecule has 6 heteroatoms. The summed E-state index contributed by atoms with van der Waals surface area (Å²) in [5.74, 6) is -1.33. The summed E-state index contributed by atoms with van der Waals surface area (Å²) in [7, 11) is 0. The van der Waals surface area contributed by atoms with Gasteiger partial charge in [-0.15, -0.1) is 0 Å². The Balaban J connectivity index is 1.30. The Morgan fingerprint density at radius 3 is 2.33 bits per heavy atom. The van der Waals surface area contributed by atoms with Crippen molar-refractivity contribution < 1.29 is 13.9 Å². The molecule has 33 heavy (non-hydrogen) atoms. The van der Waals surface area contributed by atoms with Crippen LogP contribution < -0.4 is 10.4 Å². The van der Waals surface area contributed by atoms with Gasteiger partial charge in [-0.05, 0) is 84.0 Å².